The summed E-state index contributed by atoms with van der Waals surface area (Å²) in [6.45, 7) is 2.27. The molecule has 0 aliphatic carbocycles. The Kier molecular flexibility index (Phi) is 3.26. The van der Waals surface area contributed by atoms with Gasteiger partial charge in [-0.2, -0.15) is 5.26 Å². The van der Waals surface area contributed by atoms with Crippen LogP contribution in [0.3, 0.4) is 0 Å². The zero-order valence-electron chi connectivity index (χ0n) is 9.35. The van der Waals surface area contributed by atoms with Crippen molar-refractivity contribution in [3.8, 4) is 6.07 Å². The maximum atomic E-state index is 12.1. The van der Waals surface area contributed by atoms with E-state index in [-0.39, 0.29) is 5.91 Å². The SMILES string of the molecule is N#Cc1cc(N)cc(C(=O)N2CCOCC2)c1. The molecule has 0 spiro atoms. The fourth-order valence-corrected chi connectivity index (χ4v) is 1.79. The summed E-state index contributed by atoms with van der Waals surface area (Å²) in [5.41, 5.74) is 6.95. The van der Waals surface area contributed by atoms with Crippen molar-refractivity contribution < 1.29 is 9.53 Å². The summed E-state index contributed by atoms with van der Waals surface area (Å²) in [6.07, 6.45) is 0. The fourth-order valence-electron chi connectivity index (χ4n) is 1.79. The Morgan fingerprint density at radius 3 is 2.71 bits per heavy atom. The standard InChI is InChI=1S/C12H13N3O2/c13-8-9-5-10(7-11(14)6-9)12(16)15-1-3-17-4-2-15/h5-7H,1-4,14H2. The number of carbonyl (C=O) groups is 1. The average molecular weight is 231 g/mol. The summed E-state index contributed by atoms with van der Waals surface area (Å²) in [5, 5.41) is 8.83. The number of nitrogens with zero attached hydrogens (tertiary/aromatic N) is 2. The summed E-state index contributed by atoms with van der Waals surface area (Å²) in [5.74, 6) is -0.0999. The van der Waals surface area contributed by atoms with Crippen molar-refractivity contribution in [2.75, 3.05) is 32.0 Å². The Morgan fingerprint density at radius 2 is 2.06 bits per heavy atom. The Labute approximate surface area is 99.4 Å². The van der Waals surface area contributed by atoms with Gasteiger partial charge in [-0.05, 0) is 18.2 Å². The van der Waals surface area contributed by atoms with Gasteiger partial charge >= 0.3 is 0 Å². The van der Waals surface area contributed by atoms with Crippen LogP contribution in [-0.4, -0.2) is 37.1 Å². The number of nitriles is 1. The van der Waals surface area contributed by atoms with Crippen molar-refractivity contribution in [1.82, 2.24) is 4.90 Å². The van der Waals surface area contributed by atoms with E-state index in [0.717, 1.165) is 0 Å². The molecule has 1 heterocycles. The van der Waals surface area contributed by atoms with Gasteiger partial charge in [-0.3, -0.25) is 4.79 Å². The van der Waals surface area contributed by atoms with E-state index in [1.165, 1.54) is 0 Å². The van der Waals surface area contributed by atoms with Gasteiger partial charge in [-0.1, -0.05) is 0 Å². The van der Waals surface area contributed by atoms with Crippen LogP contribution in [0.25, 0.3) is 0 Å². The lowest BCUT2D eigenvalue weighted by Gasteiger charge is -2.27. The lowest BCUT2D eigenvalue weighted by Crippen LogP contribution is -2.40. The van der Waals surface area contributed by atoms with Crippen LogP contribution in [0.4, 0.5) is 5.69 Å². The quantitative estimate of drug-likeness (QED) is 0.718. The number of morpholine rings is 1. The van der Waals surface area contributed by atoms with Gasteiger partial charge < -0.3 is 15.4 Å². The van der Waals surface area contributed by atoms with Gasteiger partial charge in [-0.25, -0.2) is 0 Å². The van der Waals surface area contributed by atoms with E-state index in [1.807, 2.05) is 6.07 Å². The summed E-state index contributed by atoms with van der Waals surface area (Å²) >= 11 is 0. The first kappa shape index (κ1) is 11.4. The van der Waals surface area contributed by atoms with Crippen LogP contribution < -0.4 is 5.73 Å². The molecule has 0 saturated carbocycles. The van der Waals surface area contributed by atoms with Gasteiger partial charge in [0.15, 0.2) is 0 Å². The van der Waals surface area contributed by atoms with Crippen LogP contribution in [0, 0.1) is 11.3 Å². The zero-order chi connectivity index (χ0) is 12.3. The minimum Gasteiger partial charge on any atom is -0.399 e. The fraction of sp³-hybridized carbons (Fsp3) is 0.333. The molecular formula is C12H13N3O2. The molecule has 0 atom stereocenters. The Bertz CT molecular complexity index is 473. The van der Waals surface area contributed by atoms with Crippen LogP contribution in [-0.2, 0) is 4.74 Å². The molecule has 1 amide bonds. The van der Waals surface area contributed by atoms with Gasteiger partial charge in [0.1, 0.15) is 0 Å². The molecule has 1 fully saturated rings. The van der Waals surface area contributed by atoms with Crippen LogP contribution in [0.2, 0.25) is 0 Å². The highest BCUT2D eigenvalue weighted by Gasteiger charge is 2.19. The number of rotatable bonds is 1. The van der Waals surface area contributed by atoms with E-state index in [4.69, 9.17) is 15.7 Å². The molecule has 5 heteroatoms. The number of benzene rings is 1. The molecule has 0 aromatic heterocycles. The normalized spacial score (nSPS) is 15.4. The molecule has 0 bridgehead atoms. The van der Waals surface area contributed by atoms with Crippen molar-refractivity contribution >= 4 is 11.6 Å². The number of hydrogen-bond acceptors (Lipinski definition) is 4. The Morgan fingerprint density at radius 1 is 1.35 bits per heavy atom. The highest BCUT2D eigenvalue weighted by atomic mass is 16.5. The number of carbonyl (C=O) groups excluding carboxylic acids is 1. The monoisotopic (exact) mass is 231 g/mol. The van der Waals surface area contributed by atoms with Crippen LogP contribution in [0.1, 0.15) is 15.9 Å². The molecular weight excluding hydrogens is 218 g/mol. The van der Waals surface area contributed by atoms with E-state index in [1.54, 1.807) is 23.1 Å². The third-order valence-electron chi connectivity index (χ3n) is 2.63. The predicted molar refractivity (Wildman–Crippen MR) is 62.3 cm³/mol. The molecule has 1 aliphatic rings. The van der Waals surface area contributed by atoms with Crippen LogP contribution >= 0.6 is 0 Å². The molecule has 1 aliphatic heterocycles. The predicted octanol–water partition coefficient (Wildman–Crippen LogP) is 0.613. The van der Waals surface area contributed by atoms with Gasteiger partial charge in [-0.15, -0.1) is 0 Å². The molecule has 2 rings (SSSR count). The maximum Gasteiger partial charge on any atom is 0.254 e. The first-order valence-corrected chi connectivity index (χ1v) is 5.38. The van der Waals surface area contributed by atoms with Crippen molar-refractivity contribution in [3.63, 3.8) is 0 Å². The largest absolute Gasteiger partial charge is 0.399 e. The highest BCUT2D eigenvalue weighted by molar-refractivity contribution is 5.95. The van der Waals surface area contributed by atoms with E-state index >= 15 is 0 Å². The molecule has 2 N–H and O–H groups in total. The third kappa shape index (κ3) is 2.55. The number of hydrogen-bond donors (Lipinski definition) is 1. The summed E-state index contributed by atoms with van der Waals surface area (Å²) in [6, 6.07) is 6.70. The average Bonchev–Trinajstić information content (AvgIpc) is 2.38. The Balaban J connectivity index is 2.24. The number of ether oxygens (including phenoxy) is 1. The van der Waals surface area contributed by atoms with Gasteiger partial charge in [0.25, 0.3) is 5.91 Å². The molecule has 17 heavy (non-hydrogen) atoms. The second kappa shape index (κ2) is 4.85. The molecule has 1 aromatic rings. The minimum absolute atomic E-state index is 0.0999. The molecule has 1 saturated heterocycles. The molecule has 1 aromatic carbocycles. The van der Waals surface area contributed by atoms with Crippen molar-refractivity contribution in [2.45, 2.75) is 0 Å². The first-order chi connectivity index (χ1) is 8.20. The second-order valence-corrected chi connectivity index (χ2v) is 3.86. The van der Waals surface area contributed by atoms with E-state index < -0.39 is 0 Å². The minimum atomic E-state index is -0.0999. The number of anilines is 1. The molecule has 5 nitrogen and oxygen atoms in total. The van der Waals surface area contributed by atoms with E-state index in [2.05, 4.69) is 0 Å². The second-order valence-electron chi connectivity index (χ2n) is 3.86. The summed E-state index contributed by atoms with van der Waals surface area (Å²) in [7, 11) is 0. The molecule has 88 valence electrons. The summed E-state index contributed by atoms with van der Waals surface area (Å²) < 4.78 is 5.18. The first-order valence-electron chi connectivity index (χ1n) is 5.38. The highest BCUT2D eigenvalue weighted by Crippen LogP contribution is 2.14. The van der Waals surface area contributed by atoms with Crippen LogP contribution in [0.15, 0.2) is 18.2 Å². The molecule has 0 radical (unpaired) electrons. The topological polar surface area (TPSA) is 79.3 Å². The van der Waals surface area contributed by atoms with E-state index in [9.17, 15) is 4.79 Å². The number of nitrogens with two attached hydrogens (primary N) is 1. The van der Waals surface area contributed by atoms with Crippen LogP contribution in [0.5, 0.6) is 0 Å². The van der Waals surface area contributed by atoms with E-state index in [0.29, 0.717) is 43.1 Å². The van der Waals surface area contributed by atoms with Crippen molar-refractivity contribution in [1.29, 1.82) is 5.26 Å². The lowest BCUT2D eigenvalue weighted by molar-refractivity contribution is 0.0303. The Hall–Kier alpha value is -2.06. The van der Waals surface area contributed by atoms with Gasteiger partial charge in [0.05, 0.1) is 24.8 Å². The van der Waals surface area contributed by atoms with Crippen molar-refractivity contribution in [3.05, 3.63) is 29.3 Å². The number of amides is 1. The lowest BCUT2D eigenvalue weighted by atomic mass is 10.1. The van der Waals surface area contributed by atoms with Gasteiger partial charge in [0.2, 0.25) is 0 Å². The number of nitrogen functional groups attached to an aromatic ring is 1. The molecule has 0 unspecified atom stereocenters. The summed E-state index contributed by atoms with van der Waals surface area (Å²) in [4.78, 5) is 13.8. The van der Waals surface area contributed by atoms with Gasteiger partial charge in [0, 0.05) is 24.3 Å². The smallest absolute Gasteiger partial charge is 0.254 e. The van der Waals surface area contributed by atoms with Crippen molar-refractivity contribution in [2.24, 2.45) is 0 Å². The zero-order valence-corrected chi connectivity index (χ0v) is 9.35. The third-order valence-corrected chi connectivity index (χ3v) is 2.63. The maximum absolute atomic E-state index is 12.1.